The van der Waals surface area contributed by atoms with Crippen LogP contribution in [0.5, 0.6) is 0 Å². The molecule has 0 aliphatic carbocycles. The summed E-state index contributed by atoms with van der Waals surface area (Å²) in [6, 6.07) is 7.73. The summed E-state index contributed by atoms with van der Waals surface area (Å²) in [5.74, 6) is 5.30. The van der Waals surface area contributed by atoms with E-state index in [9.17, 15) is 4.79 Å². The first-order valence-electron chi connectivity index (χ1n) is 6.21. The Balaban J connectivity index is 2.59. The van der Waals surface area contributed by atoms with Gasteiger partial charge < -0.3 is 10.1 Å². The Morgan fingerprint density at radius 2 is 2.00 bits per heavy atom. The lowest BCUT2D eigenvalue weighted by molar-refractivity contribution is 0.0338. The van der Waals surface area contributed by atoms with Crippen LogP contribution in [0.15, 0.2) is 24.3 Å². The molecular formula is C14H22N2O3. The summed E-state index contributed by atoms with van der Waals surface area (Å²) in [5, 5.41) is 2.65. The Labute approximate surface area is 114 Å². The van der Waals surface area contributed by atoms with Crippen molar-refractivity contribution in [1.82, 2.24) is 5.32 Å². The van der Waals surface area contributed by atoms with Crippen molar-refractivity contribution in [2.45, 2.75) is 39.4 Å². The molecule has 0 aromatic heterocycles. The molecule has 0 saturated heterocycles. The maximum absolute atomic E-state index is 11.6. The molecule has 0 aliphatic rings. The van der Waals surface area contributed by atoms with E-state index in [0.717, 1.165) is 11.1 Å². The summed E-state index contributed by atoms with van der Waals surface area (Å²) in [6.45, 7) is 7.66. The molecule has 1 aromatic carbocycles. The lowest BCUT2D eigenvalue weighted by Crippen LogP contribution is -2.35. The average molecular weight is 266 g/mol. The topological polar surface area (TPSA) is 73.6 Å². The summed E-state index contributed by atoms with van der Waals surface area (Å²) in [6.07, 6.45) is -0.878. The summed E-state index contributed by atoms with van der Waals surface area (Å²) >= 11 is 0. The van der Waals surface area contributed by atoms with Crippen LogP contribution >= 0.6 is 0 Å². The Morgan fingerprint density at radius 1 is 1.37 bits per heavy atom. The molecule has 0 fully saturated rings. The van der Waals surface area contributed by atoms with Crippen LogP contribution in [0, 0.1) is 6.92 Å². The summed E-state index contributed by atoms with van der Waals surface area (Å²) < 4.78 is 5.15. The molecule has 0 radical (unpaired) electrons. The SMILES string of the molecule is Cc1ccccc1C(CNC(=O)OC(C)(C)C)ON. The number of carbonyl (C=O) groups is 1. The Morgan fingerprint density at radius 3 is 2.53 bits per heavy atom. The van der Waals surface area contributed by atoms with E-state index in [4.69, 9.17) is 15.5 Å². The zero-order chi connectivity index (χ0) is 14.5. The van der Waals surface area contributed by atoms with Gasteiger partial charge in [0, 0.05) is 0 Å². The highest BCUT2D eigenvalue weighted by atomic mass is 16.6. The molecule has 0 bridgehead atoms. The number of alkyl carbamates (subject to hydrolysis) is 1. The van der Waals surface area contributed by atoms with Crippen molar-refractivity contribution in [3.05, 3.63) is 35.4 Å². The lowest BCUT2D eigenvalue weighted by atomic mass is 10.0. The molecule has 1 aromatic rings. The fourth-order valence-electron chi connectivity index (χ4n) is 1.67. The minimum absolute atomic E-state index is 0.260. The number of nitrogens with one attached hydrogen (secondary N) is 1. The number of hydrogen-bond acceptors (Lipinski definition) is 4. The standard InChI is InChI=1S/C14H22N2O3/c1-10-7-5-6-8-11(10)12(19-15)9-16-13(17)18-14(2,3)4/h5-8,12H,9,15H2,1-4H3,(H,16,17). The Kier molecular flexibility index (Phi) is 5.32. The van der Waals surface area contributed by atoms with Gasteiger partial charge in [0.05, 0.1) is 6.54 Å². The van der Waals surface area contributed by atoms with Crippen LogP contribution < -0.4 is 11.2 Å². The van der Waals surface area contributed by atoms with E-state index in [-0.39, 0.29) is 6.54 Å². The Hall–Kier alpha value is -1.59. The molecule has 0 spiro atoms. The number of carbonyl (C=O) groups excluding carboxylic acids is 1. The van der Waals surface area contributed by atoms with E-state index in [1.54, 1.807) is 0 Å². The zero-order valence-corrected chi connectivity index (χ0v) is 11.9. The van der Waals surface area contributed by atoms with Crippen LogP contribution in [-0.4, -0.2) is 18.2 Å². The van der Waals surface area contributed by atoms with Crippen molar-refractivity contribution in [1.29, 1.82) is 0 Å². The van der Waals surface area contributed by atoms with Gasteiger partial charge in [0.2, 0.25) is 0 Å². The van der Waals surface area contributed by atoms with Crippen molar-refractivity contribution in [2.75, 3.05) is 6.54 Å². The minimum atomic E-state index is -0.522. The molecule has 0 aliphatic heterocycles. The molecule has 5 heteroatoms. The van der Waals surface area contributed by atoms with Crippen LogP contribution in [-0.2, 0) is 9.57 Å². The van der Waals surface area contributed by atoms with Gasteiger partial charge in [-0.1, -0.05) is 24.3 Å². The van der Waals surface area contributed by atoms with Crippen LogP contribution in [0.2, 0.25) is 0 Å². The molecule has 3 N–H and O–H groups in total. The molecule has 1 rings (SSSR count). The molecular weight excluding hydrogens is 244 g/mol. The fourth-order valence-corrected chi connectivity index (χ4v) is 1.67. The quantitative estimate of drug-likeness (QED) is 0.821. The smallest absolute Gasteiger partial charge is 0.407 e. The third-order valence-corrected chi connectivity index (χ3v) is 2.53. The number of amides is 1. The second-order valence-corrected chi connectivity index (χ2v) is 5.36. The molecule has 1 unspecified atom stereocenters. The first kappa shape index (κ1) is 15.5. The maximum Gasteiger partial charge on any atom is 0.407 e. The highest BCUT2D eigenvalue weighted by Gasteiger charge is 2.19. The van der Waals surface area contributed by atoms with Gasteiger partial charge in [-0.2, -0.15) is 0 Å². The molecule has 0 heterocycles. The van der Waals surface area contributed by atoms with E-state index in [0.29, 0.717) is 0 Å². The monoisotopic (exact) mass is 266 g/mol. The van der Waals surface area contributed by atoms with Gasteiger partial charge in [0.25, 0.3) is 0 Å². The third-order valence-electron chi connectivity index (χ3n) is 2.53. The summed E-state index contributed by atoms with van der Waals surface area (Å²) in [4.78, 5) is 16.5. The zero-order valence-electron chi connectivity index (χ0n) is 11.9. The highest BCUT2D eigenvalue weighted by Crippen LogP contribution is 2.19. The molecule has 19 heavy (non-hydrogen) atoms. The van der Waals surface area contributed by atoms with Crippen LogP contribution in [0.4, 0.5) is 4.79 Å². The van der Waals surface area contributed by atoms with Gasteiger partial charge in [0.15, 0.2) is 0 Å². The highest BCUT2D eigenvalue weighted by molar-refractivity contribution is 5.67. The van der Waals surface area contributed by atoms with Crippen LogP contribution in [0.25, 0.3) is 0 Å². The van der Waals surface area contributed by atoms with Crippen molar-refractivity contribution in [3.8, 4) is 0 Å². The van der Waals surface area contributed by atoms with E-state index in [1.165, 1.54) is 0 Å². The molecule has 1 amide bonds. The number of rotatable bonds is 4. The molecule has 5 nitrogen and oxygen atoms in total. The minimum Gasteiger partial charge on any atom is -0.444 e. The number of aryl methyl sites for hydroxylation is 1. The molecule has 0 saturated carbocycles. The van der Waals surface area contributed by atoms with Gasteiger partial charge in [0.1, 0.15) is 11.7 Å². The predicted octanol–water partition coefficient (Wildman–Crippen LogP) is 2.45. The van der Waals surface area contributed by atoms with Crippen molar-refractivity contribution in [3.63, 3.8) is 0 Å². The van der Waals surface area contributed by atoms with Crippen molar-refractivity contribution >= 4 is 6.09 Å². The normalized spacial score (nSPS) is 12.9. The van der Waals surface area contributed by atoms with E-state index in [2.05, 4.69) is 5.32 Å². The predicted molar refractivity (Wildman–Crippen MR) is 73.4 cm³/mol. The summed E-state index contributed by atoms with van der Waals surface area (Å²) in [5.41, 5.74) is 1.48. The lowest BCUT2D eigenvalue weighted by Gasteiger charge is -2.22. The average Bonchev–Trinajstić information content (AvgIpc) is 2.29. The van der Waals surface area contributed by atoms with Gasteiger partial charge in [-0.05, 0) is 38.8 Å². The largest absolute Gasteiger partial charge is 0.444 e. The molecule has 106 valence electrons. The van der Waals surface area contributed by atoms with Crippen molar-refractivity contribution in [2.24, 2.45) is 5.90 Å². The van der Waals surface area contributed by atoms with E-state index >= 15 is 0 Å². The van der Waals surface area contributed by atoms with Crippen molar-refractivity contribution < 1.29 is 14.4 Å². The first-order chi connectivity index (χ1) is 8.83. The number of hydrogen-bond donors (Lipinski definition) is 2. The second kappa shape index (κ2) is 6.54. The number of benzene rings is 1. The van der Waals surface area contributed by atoms with Gasteiger partial charge in [-0.25, -0.2) is 10.7 Å². The third kappa shape index (κ3) is 5.28. The van der Waals surface area contributed by atoms with Gasteiger partial charge in [-0.3, -0.25) is 4.84 Å². The van der Waals surface area contributed by atoms with Crippen LogP contribution in [0.3, 0.4) is 0 Å². The fraction of sp³-hybridized carbons (Fsp3) is 0.500. The van der Waals surface area contributed by atoms with E-state index < -0.39 is 17.8 Å². The first-order valence-corrected chi connectivity index (χ1v) is 6.21. The Bertz CT molecular complexity index is 427. The number of nitrogens with two attached hydrogens (primary N) is 1. The second-order valence-electron chi connectivity index (χ2n) is 5.36. The maximum atomic E-state index is 11.6. The molecule has 1 atom stereocenters. The van der Waals surface area contributed by atoms with E-state index in [1.807, 2.05) is 52.0 Å². The van der Waals surface area contributed by atoms with Crippen LogP contribution in [0.1, 0.15) is 38.0 Å². The number of ether oxygens (including phenoxy) is 1. The van der Waals surface area contributed by atoms with Gasteiger partial charge >= 0.3 is 6.09 Å². The summed E-state index contributed by atoms with van der Waals surface area (Å²) in [7, 11) is 0. The van der Waals surface area contributed by atoms with Gasteiger partial charge in [-0.15, -0.1) is 0 Å².